The fourth-order valence-electron chi connectivity index (χ4n) is 2.99. The van der Waals surface area contributed by atoms with Crippen molar-refractivity contribution in [3.63, 3.8) is 0 Å². The second-order valence-corrected chi connectivity index (χ2v) is 5.78. The number of hydrogen-bond acceptors (Lipinski definition) is 3. The number of carbonyl (C=O) groups is 1. The average molecular weight is 275 g/mol. The molecule has 1 aromatic carbocycles. The van der Waals surface area contributed by atoms with Crippen LogP contribution in [-0.4, -0.2) is 25.5 Å². The molecule has 1 N–H and O–H groups in total. The molecule has 0 saturated carbocycles. The lowest BCUT2D eigenvalue weighted by molar-refractivity contribution is 0.0954. The van der Waals surface area contributed by atoms with E-state index in [9.17, 15) is 4.79 Å². The van der Waals surface area contributed by atoms with Crippen molar-refractivity contribution < 1.29 is 9.53 Å². The fraction of sp³-hybridized carbons (Fsp3) is 0.588. The molecule has 1 fully saturated rings. The highest BCUT2D eigenvalue weighted by atomic mass is 16.5. The second kappa shape index (κ2) is 6.89. The molecule has 20 heavy (non-hydrogen) atoms. The summed E-state index contributed by atoms with van der Waals surface area (Å²) in [5.41, 5.74) is 1.81. The maximum atomic E-state index is 12.5. The first kappa shape index (κ1) is 15.0. The van der Waals surface area contributed by atoms with Crippen LogP contribution >= 0.6 is 0 Å². The minimum Gasteiger partial charge on any atom is -0.496 e. The number of aryl methyl sites for hydroxylation is 1. The number of ketones is 1. The lowest BCUT2D eigenvalue weighted by Crippen LogP contribution is -2.39. The van der Waals surface area contributed by atoms with E-state index in [1.807, 2.05) is 25.1 Å². The van der Waals surface area contributed by atoms with Gasteiger partial charge in [-0.2, -0.15) is 0 Å². The van der Waals surface area contributed by atoms with Crippen LogP contribution in [0.1, 0.15) is 48.5 Å². The van der Waals surface area contributed by atoms with Gasteiger partial charge in [0, 0.05) is 12.5 Å². The van der Waals surface area contributed by atoms with Crippen molar-refractivity contribution in [3.8, 4) is 5.75 Å². The highest BCUT2D eigenvalue weighted by Gasteiger charge is 2.24. The summed E-state index contributed by atoms with van der Waals surface area (Å²) in [5, 5.41) is 3.47. The number of ether oxygens (including phenoxy) is 1. The molecule has 3 heteroatoms. The van der Waals surface area contributed by atoms with Crippen molar-refractivity contribution in [1.29, 1.82) is 0 Å². The van der Waals surface area contributed by atoms with Gasteiger partial charge in [-0.05, 0) is 44.4 Å². The smallest absolute Gasteiger partial charge is 0.168 e. The Hall–Kier alpha value is -1.35. The third-order valence-electron chi connectivity index (χ3n) is 4.27. The predicted molar refractivity (Wildman–Crippen MR) is 81.5 cm³/mol. The Morgan fingerprint density at radius 3 is 2.95 bits per heavy atom. The third kappa shape index (κ3) is 3.60. The predicted octanol–water partition coefficient (Wildman–Crippen LogP) is 3.35. The van der Waals surface area contributed by atoms with E-state index in [1.54, 1.807) is 7.11 Å². The van der Waals surface area contributed by atoms with Gasteiger partial charge in [0.15, 0.2) is 5.78 Å². The van der Waals surface area contributed by atoms with Gasteiger partial charge in [0.2, 0.25) is 0 Å². The number of benzene rings is 1. The van der Waals surface area contributed by atoms with Crippen LogP contribution in [0.4, 0.5) is 0 Å². The van der Waals surface area contributed by atoms with E-state index in [1.165, 1.54) is 12.8 Å². The van der Waals surface area contributed by atoms with Crippen LogP contribution in [0.15, 0.2) is 18.2 Å². The Kier molecular flexibility index (Phi) is 5.18. The number of methoxy groups -OCH3 is 1. The molecule has 0 aromatic heterocycles. The zero-order valence-corrected chi connectivity index (χ0v) is 12.7. The van der Waals surface area contributed by atoms with Crippen LogP contribution in [0.25, 0.3) is 0 Å². The molecule has 0 radical (unpaired) electrons. The van der Waals surface area contributed by atoms with Crippen molar-refractivity contribution in [1.82, 2.24) is 5.32 Å². The van der Waals surface area contributed by atoms with E-state index >= 15 is 0 Å². The SMILES string of the molecule is CCC1CCNC(CC(=O)c2cc(C)ccc2OC)C1. The summed E-state index contributed by atoms with van der Waals surface area (Å²) in [6.07, 6.45) is 4.11. The van der Waals surface area contributed by atoms with Gasteiger partial charge in [0.05, 0.1) is 12.7 Å². The van der Waals surface area contributed by atoms with E-state index in [4.69, 9.17) is 4.74 Å². The molecule has 3 nitrogen and oxygen atoms in total. The summed E-state index contributed by atoms with van der Waals surface area (Å²) < 4.78 is 5.31. The van der Waals surface area contributed by atoms with Gasteiger partial charge in [-0.3, -0.25) is 4.79 Å². The summed E-state index contributed by atoms with van der Waals surface area (Å²) in [7, 11) is 1.62. The van der Waals surface area contributed by atoms with E-state index in [2.05, 4.69) is 12.2 Å². The zero-order valence-electron chi connectivity index (χ0n) is 12.7. The largest absolute Gasteiger partial charge is 0.496 e. The highest BCUT2D eigenvalue weighted by molar-refractivity contribution is 5.99. The van der Waals surface area contributed by atoms with Crippen molar-refractivity contribution in [2.75, 3.05) is 13.7 Å². The second-order valence-electron chi connectivity index (χ2n) is 5.78. The van der Waals surface area contributed by atoms with E-state index in [0.29, 0.717) is 23.8 Å². The maximum absolute atomic E-state index is 12.5. The zero-order chi connectivity index (χ0) is 14.5. The maximum Gasteiger partial charge on any atom is 0.168 e. The van der Waals surface area contributed by atoms with Gasteiger partial charge >= 0.3 is 0 Å². The summed E-state index contributed by atoms with van der Waals surface area (Å²) in [4.78, 5) is 12.5. The van der Waals surface area contributed by atoms with E-state index < -0.39 is 0 Å². The van der Waals surface area contributed by atoms with E-state index in [-0.39, 0.29) is 5.78 Å². The quantitative estimate of drug-likeness (QED) is 0.837. The van der Waals surface area contributed by atoms with Gasteiger partial charge in [0.1, 0.15) is 5.75 Å². The van der Waals surface area contributed by atoms with Crippen molar-refractivity contribution in [2.45, 2.75) is 45.6 Å². The van der Waals surface area contributed by atoms with Crippen molar-refractivity contribution in [2.24, 2.45) is 5.92 Å². The molecule has 2 rings (SSSR count). The minimum absolute atomic E-state index is 0.180. The molecule has 0 amide bonds. The van der Waals surface area contributed by atoms with Gasteiger partial charge < -0.3 is 10.1 Å². The van der Waals surface area contributed by atoms with Gasteiger partial charge in [-0.1, -0.05) is 25.0 Å². The lowest BCUT2D eigenvalue weighted by Gasteiger charge is -2.29. The first-order chi connectivity index (χ1) is 9.63. The number of hydrogen-bond donors (Lipinski definition) is 1. The molecular formula is C17H25NO2. The monoisotopic (exact) mass is 275 g/mol. The number of nitrogens with one attached hydrogen (secondary N) is 1. The number of carbonyl (C=O) groups excluding carboxylic acids is 1. The van der Waals surface area contributed by atoms with Crippen LogP contribution in [0, 0.1) is 12.8 Å². The normalized spacial score (nSPS) is 22.6. The van der Waals surface area contributed by atoms with Crippen molar-refractivity contribution in [3.05, 3.63) is 29.3 Å². The first-order valence-corrected chi connectivity index (χ1v) is 7.55. The number of rotatable bonds is 5. The summed E-state index contributed by atoms with van der Waals surface area (Å²) in [6, 6.07) is 6.10. The van der Waals surface area contributed by atoms with Crippen LogP contribution in [0.3, 0.4) is 0 Å². The van der Waals surface area contributed by atoms with Gasteiger partial charge in [-0.15, -0.1) is 0 Å². The van der Waals surface area contributed by atoms with Gasteiger partial charge in [0.25, 0.3) is 0 Å². The Morgan fingerprint density at radius 1 is 1.45 bits per heavy atom. The summed E-state index contributed by atoms with van der Waals surface area (Å²) >= 11 is 0. The fourth-order valence-corrected chi connectivity index (χ4v) is 2.99. The lowest BCUT2D eigenvalue weighted by atomic mass is 9.87. The molecule has 2 unspecified atom stereocenters. The van der Waals surface area contributed by atoms with E-state index in [0.717, 1.165) is 24.4 Å². The summed E-state index contributed by atoms with van der Waals surface area (Å²) in [6.45, 7) is 5.27. The molecule has 0 spiro atoms. The number of Topliss-reactive ketones (excluding diaryl/α,β-unsaturated/α-hetero) is 1. The standard InChI is InChI=1S/C17H25NO2/c1-4-13-7-8-18-14(10-13)11-16(19)15-9-12(2)5-6-17(15)20-3/h5-6,9,13-14,18H,4,7-8,10-11H2,1-3H3. The van der Waals surface area contributed by atoms with Crippen LogP contribution in [0.5, 0.6) is 5.75 Å². The molecule has 1 saturated heterocycles. The number of piperidine rings is 1. The molecule has 0 aliphatic carbocycles. The topological polar surface area (TPSA) is 38.3 Å². The van der Waals surface area contributed by atoms with Crippen molar-refractivity contribution >= 4 is 5.78 Å². The van der Waals surface area contributed by atoms with Gasteiger partial charge in [-0.25, -0.2) is 0 Å². The Balaban J connectivity index is 2.06. The van der Waals surface area contributed by atoms with Crippen LogP contribution in [-0.2, 0) is 0 Å². The van der Waals surface area contributed by atoms with Crippen LogP contribution in [0.2, 0.25) is 0 Å². The molecular weight excluding hydrogens is 250 g/mol. The first-order valence-electron chi connectivity index (χ1n) is 7.55. The average Bonchev–Trinajstić information content (AvgIpc) is 2.47. The Labute approximate surface area is 121 Å². The third-order valence-corrected chi connectivity index (χ3v) is 4.27. The molecule has 2 atom stereocenters. The Bertz CT molecular complexity index is 470. The minimum atomic E-state index is 0.180. The molecule has 1 heterocycles. The highest BCUT2D eigenvalue weighted by Crippen LogP contribution is 2.25. The summed E-state index contributed by atoms with van der Waals surface area (Å²) in [5.74, 6) is 1.62. The molecule has 1 aliphatic heterocycles. The Morgan fingerprint density at radius 2 is 2.25 bits per heavy atom. The molecule has 110 valence electrons. The molecule has 1 aromatic rings. The van der Waals surface area contributed by atoms with Crippen LogP contribution < -0.4 is 10.1 Å². The molecule has 1 aliphatic rings. The molecule has 0 bridgehead atoms.